The van der Waals surface area contributed by atoms with Gasteiger partial charge in [-0.25, -0.2) is 4.98 Å². The summed E-state index contributed by atoms with van der Waals surface area (Å²) in [6, 6.07) is 13.0. The van der Waals surface area contributed by atoms with E-state index in [0.717, 1.165) is 22.5 Å². The molecule has 0 fully saturated rings. The maximum absolute atomic E-state index is 13.3. The second kappa shape index (κ2) is 8.37. The lowest BCUT2D eigenvalue weighted by molar-refractivity contribution is -0.856. The molecule has 7 heteroatoms. The van der Waals surface area contributed by atoms with Crippen LogP contribution in [0.3, 0.4) is 0 Å². The van der Waals surface area contributed by atoms with Crippen LogP contribution < -0.4 is 19.3 Å². The van der Waals surface area contributed by atoms with E-state index in [1.165, 1.54) is 16.2 Å². The van der Waals surface area contributed by atoms with Gasteiger partial charge in [-0.3, -0.25) is 9.69 Å². The summed E-state index contributed by atoms with van der Waals surface area (Å²) in [7, 11) is 7.34. The number of hydrogen-bond acceptors (Lipinski definition) is 5. The Hall–Kier alpha value is -2.64. The van der Waals surface area contributed by atoms with Crippen LogP contribution in [0.25, 0.3) is 10.2 Å². The third kappa shape index (κ3) is 4.20. The van der Waals surface area contributed by atoms with Gasteiger partial charge in [0.25, 0.3) is 5.91 Å². The second-order valence-electron chi connectivity index (χ2n) is 6.44. The Morgan fingerprint density at radius 1 is 1.15 bits per heavy atom. The maximum atomic E-state index is 13.3. The SMILES string of the molecule is COc1ccc2nc(N(CC[NH+](C)C)C(=O)c3ccccc3OC)sc2c1. The number of nitrogens with zero attached hydrogens (tertiary/aromatic N) is 2. The number of nitrogens with one attached hydrogen (secondary N) is 1. The number of fused-ring (bicyclic) bond motifs is 1. The highest BCUT2D eigenvalue weighted by Crippen LogP contribution is 2.32. The van der Waals surface area contributed by atoms with E-state index >= 15 is 0 Å². The van der Waals surface area contributed by atoms with E-state index in [1.807, 2.05) is 30.3 Å². The zero-order valence-electron chi connectivity index (χ0n) is 16.0. The number of methoxy groups -OCH3 is 2. The van der Waals surface area contributed by atoms with Crippen molar-refractivity contribution >= 4 is 32.6 Å². The van der Waals surface area contributed by atoms with Crippen LogP contribution >= 0.6 is 11.3 Å². The summed E-state index contributed by atoms with van der Waals surface area (Å²) >= 11 is 1.49. The summed E-state index contributed by atoms with van der Waals surface area (Å²) in [5.41, 5.74) is 1.39. The lowest BCUT2D eigenvalue weighted by atomic mass is 10.1. The molecule has 27 heavy (non-hydrogen) atoms. The molecule has 0 saturated carbocycles. The van der Waals surface area contributed by atoms with Gasteiger partial charge in [0, 0.05) is 0 Å². The summed E-state index contributed by atoms with van der Waals surface area (Å²) < 4.78 is 11.7. The predicted molar refractivity (Wildman–Crippen MR) is 109 cm³/mol. The summed E-state index contributed by atoms with van der Waals surface area (Å²) in [5.74, 6) is 1.23. The minimum atomic E-state index is -0.111. The monoisotopic (exact) mass is 386 g/mol. The first-order valence-electron chi connectivity index (χ1n) is 8.72. The minimum Gasteiger partial charge on any atom is -0.497 e. The Labute approximate surface area is 162 Å². The molecule has 0 aliphatic carbocycles. The smallest absolute Gasteiger partial charge is 0.264 e. The van der Waals surface area contributed by atoms with Gasteiger partial charge < -0.3 is 14.4 Å². The van der Waals surface area contributed by atoms with Gasteiger partial charge in [-0.15, -0.1) is 0 Å². The van der Waals surface area contributed by atoms with Crippen LogP contribution in [-0.4, -0.2) is 52.3 Å². The van der Waals surface area contributed by atoms with Crippen molar-refractivity contribution in [3.63, 3.8) is 0 Å². The topological polar surface area (TPSA) is 56.1 Å². The first-order valence-corrected chi connectivity index (χ1v) is 9.53. The molecule has 2 aromatic carbocycles. The third-order valence-electron chi connectivity index (χ3n) is 4.23. The molecule has 0 spiro atoms. The molecule has 1 amide bonds. The van der Waals surface area contributed by atoms with Gasteiger partial charge in [-0.2, -0.15) is 0 Å². The number of anilines is 1. The van der Waals surface area contributed by atoms with Crippen LogP contribution in [0.2, 0.25) is 0 Å². The van der Waals surface area contributed by atoms with Crippen LogP contribution in [0.4, 0.5) is 5.13 Å². The molecule has 1 aromatic heterocycles. The Bertz CT molecular complexity index is 939. The molecule has 142 valence electrons. The van der Waals surface area contributed by atoms with E-state index < -0.39 is 0 Å². The summed E-state index contributed by atoms with van der Waals surface area (Å²) in [4.78, 5) is 21.0. The number of thiazole rings is 1. The van der Waals surface area contributed by atoms with Crippen LogP contribution in [0.15, 0.2) is 42.5 Å². The molecule has 0 aliphatic heterocycles. The molecule has 1 N–H and O–H groups in total. The average molecular weight is 386 g/mol. The van der Waals surface area contributed by atoms with E-state index in [2.05, 4.69) is 19.1 Å². The van der Waals surface area contributed by atoms with Crippen LogP contribution in [-0.2, 0) is 0 Å². The lowest BCUT2D eigenvalue weighted by Gasteiger charge is -2.21. The van der Waals surface area contributed by atoms with E-state index in [0.29, 0.717) is 23.0 Å². The molecule has 6 nitrogen and oxygen atoms in total. The molecule has 1 heterocycles. The number of amides is 1. The number of likely N-dealkylation sites (N-methyl/N-ethyl adjacent to an activating group) is 1. The molecule has 0 radical (unpaired) electrons. The number of hydrogen-bond donors (Lipinski definition) is 1. The van der Waals surface area contributed by atoms with Gasteiger partial charge in [0.15, 0.2) is 5.13 Å². The van der Waals surface area contributed by atoms with E-state index in [1.54, 1.807) is 31.3 Å². The van der Waals surface area contributed by atoms with Crippen molar-refractivity contribution in [3.05, 3.63) is 48.0 Å². The zero-order chi connectivity index (χ0) is 19.4. The largest absolute Gasteiger partial charge is 0.497 e. The number of ether oxygens (including phenoxy) is 2. The maximum Gasteiger partial charge on any atom is 0.264 e. The van der Waals surface area contributed by atoms with Crippen molar-refractivity contribution in [3.8, 4) is 11.5 Å². The van der Waals surface area contributed by atoms with Crippen molar-refractivity contribution in [2.75, 3.05) is 46.3 Å². The first kappa shape index (κ1) is 19.1. The van der Waals surface area contributed by atoms with Crippen molar-refractivity contribution in [2.45, 2.75) is 0 Å². The predicted octanol–water partition coefficient (Wildman–Crippen LogP) is 2.10. The number of benzene rings is 2. The Balaban J connectivity index is 2.01. The molecule has 0 saturated heterocycles. The van der Waals surface area contributed by atoms with Gasteiger partial charge in [-0.05, 0) is 30.3 Å². The van der Waals surface area contributed by atoms with Crippen molar-refractivity contribution in [2.24, 2.45) is 0 Å². The summed E-state index contributed by atoms with van der Waals surface area (Å²) in [6.07, 6.45) is 0. The molecule has 0 aliphatic rings. The Kier molecular flexibility index (Phi) is 5.93. The fraction of sp³-hybridized carbons (Fsp3) is 0.300. The highest BCUT2D eigenvalue weighted by Gasteiger charge is 2.24. The summed E-state index contributed by atoms with van der Waals surface area (Å²) in [6.45, 7) is 1.37. The zero-order valence-corrected chi connectivity index (χ0v) is 16.8. The minimum absolute atomic E-state index is 0.111. The molecule has 0 unspecified atom stereocenters. The molecular formula is C20H24N3O3S+. The molecule has 3 rings (SSSR count). The molecule has 0 atom stereocenters. The van der Waals surface area contributed by atoms with Gasteiger partial charge in [0.1, 0.15) is 11.5 Å². The van der Waals surface area contributed by atoms with Gasteiger partial charge >= 0.3 is 0 Å². The van der Waals surface area contributed by atoms with E-state index in [4.69, 9.17) is 9.47 Å². The number of aromatic nitrogens is 1. The van der Waals surface area contributed by atoms with Crippen molar-refractivity contribution in [1.29, 1.82) is 0 Å². The standard InChI is InChI=1S/C20H23N3O3S/c1-22(2)11-12-23(19(24)15-7-5-6-8-17(15)26-4)20-21-16-10-9-14(25-3)13-18(16)27-20/h5-10,13H,11-12H2,1-4H3/p+1. The number of para-hydroxylation sites is 1. The van der Waals surface area contributed by atoms with Crippen molar-refractivity contribution in [1.82, 2.24) is 4.98 Å². The van der Waals surface area contributed by atoms with Crippen molar-refractivity contribution < 1.29 is 19.2 Å². The highest BCUT2D eigenvalue weighted by molar-refractivity contribution is 7.22. The number of quaternary nitrogens is 1. The van der Waals surface area contributed by atoms with Crippen LogP contribution in [0.1, 0.15) is 10.4 Å². The number of carbonyl (C=O) groups is 1. The number of carbonyl (C=O) groups excluding carboxylic acids is 1. The number of rotatable bonds is 7. The van der Waals surface area contributed by atoms with Crippen LogP contribution in [0.5, 0.6) is 11.5 Å². The van der Waals surface area contributed by atoms with E-state index in [9.17, 15) is 4.79 Å². The van der Waals surface area contributed by atoms with E-state index in [-0.39, 0.29) is 5.91 Å². The van der Waals surface area contributed by atoms with Gasteiger partial charge in [-0.1, -0.05) is 23.5 Å². The molecule has 0 bridgehead atoms. The molecular weight excluding hydrogens is 362 g/mol. The van der Waals surface area contributed by atoms with Crippen LogP contribution in [0, 0.1) is 0 Å². The van der Waals surface area contributed by atoms with Gasteiger partial charge in [0.05, 0.1) is 57.2 Å². The normalized spacial score (nSPS) is 11.0. The Morgan fingerprint density at radius 3 is 2.63 bits per heavy atom. The fourth-order valence-electron chi connectivity index (χ4n) is 2.72. The summed E-state index contributed by atoms with van der Waals surface area (Å²) in [5, 5.41) is 0.676. The quantitative estimate of drug-likeness (QED) is 0.676. The fourth-order valence-corrected chi connectivity index (χ4v) is 3.74. The lowest BCUT2D eigenvalue weighted by Crippen LogP contribution is -3.06. The third-order valence-corrected chi connectivity index (χ3v) is 5.27. The highest BCUT2D eigenvalue weighted by atomic mass is 32.1. The average Bonchev–Trinajstić information content (AvgIpc) is 3.10. The second-order valence-corrected chi connectivity index (χ2v) is 7.45. The Morgan fingerprint density at radius 2 is 1.93 bits per heavy atom. The first-order chi connectivity index (χ1) is 13.0. The van der Waals surface area contributed by atoms with Gasteiger partial charge in [0.2, 0.25) is 0 Å². The molecule has 3 aromatic rings.